The zero-order chi connectivity index (χ0) is 20.8. The third-order valence-electron chi connectivity index (χ3n) is 4.45. The Kier molecular flexibility index (Phi) is 7.28. The van der Waals surface area contributed by atoms with Crippen molar-refractivity contribution in [1.82, 2.24) is 4.90 Å². The molecule has 1 aliphatic heterocycles. The minimum absolute atomic E-state index is 0.0254. The smallest absolute Gasteiger partial charge is 0.259 e. The third-order valence-corrected chi connectivity index (χ3v) is 4.94. The number of morpholine rings is 1. The summed E-state index contributed by atoms with van der Waals surface area (Å²) in [5.41, 5.74) is 1.66. The lowest BCUT2D eigenvalue weighted by Gasteiger charge is -2.26. The highest BCUT2D eigenvalue weighted by atomic mass is 79.9. The lowest BCUT2D eigenvalue weighted by Crippen LogP contribution is -2.40. The molecule has 2 aromatic rings. The average Bonchev–Trinajstić information content (AvgIpc) is 2.73. The van der Waals surface area contributed by atoms with Gasteiger partial charge in [0.2, 0.25) is 0 Å². The van der Waals surface area contributed by atoms with Crippen LogP contribution in [0.25, 0.3) is 0 Å². The molecule has 2 aromatic carbocycles. The van der Waals surface area contributed by atoms with E-state index in [1.165, 1.54) is 0 Å². The Morgan fingerprint density at radius 2 is 1.83 bits per heavy atom. The van der Waals surface area contributed by atoms with Gasteiger partial charge in [0, 0.05) is 28.8 Å². The van der Waals surface area contributed by atoms with Crippen molar-refractivity contribution in [2.45, 2.75) is 13.8 Å². The summed E-state index contributed by atoms with van der Waals surface area (Å²) in [6.07, 6.45) is 0. The highest BCUT2D eigenvalue weighted by Crippen LogP contribution is 2.25. The van der Waals surface area contributed by atoms with Crippen molar-refractivity contribution < 1.29 is 19.1 Å². The minimum Gasteiger partial charge on any atom is -0.492 e. The molecule has 0 saturated carbocycles. The van der Waals surface area contributed by atoms with Crippen LogP contribution in [0.1, 0.15) is 34.6 Å². The standard InChI is InChI=1S/C22H25BrN2O4/c1-15(2)14-29-20-8-5-17(23)13-19(20)21(26)24-18-6-3-16(4-7-18)22(27)25-9-11-28-12-10-25/h3-8,13,15H,9-12,14H2,1-2H3,(H,24,26). The van der Waals surface area contributed by atoms with E-state index in [-0.39, 0.29) is 11.8 Å². The molecule has 0 bridgehead atoms. The average molecular weight is 461 g/mol. The predicted molar refractivity (Wildman–Crippen MR) is 116 cm³/mol. The number of carbonyl (C=O) groups is 2. The Morgan fingerprint density at radius 1 is 1.14 bits per heavy atom. The molecule has 29 heavy (non-hydrogen) atoms. The molecule has 1 heterocycles. The van der Waals surface area contributed by atoms with Crippen molar-refractivity contribution in [3.63, 3.8) is 0 Å². The van der Waals surface area contributed by atoms with Gasteiger partial charge in [0.05, 0.1) is 25.4 Å². The Balaban J connectivity index is 1.69. The van der Waals surface area contributed by atoms with Gasteiger partial charge in [0.25, 0.3) is 11.8 Å². The van der Waals surface area contributed by atoms with Gasteiger partial charge < -0.3 is 19.7 Å². The summed E-state index contributed by atoms with van der Waals surface area (Å²) in [5.74, 6) is 0.601. The molecule has 0 aliphatic carbocycles. The fourth-order valence-electron chi connectivity index (χ4n) is 2.91. The summed E-state index contributed by atoms with van der Waals surface area (Å²) < 4.78 is 11.9. The maximum atomic E-state index is 12.8. The molecule has 1 aliphatic rings. The van der Waals surface area contributed by atoms with Crippen LogP contribution in [0.3, 0.4) is 0 Å². The number of halogens is 1. The van der Waals surface area contributed by atoms with Crippen molar-refractivity contribution in [2.75, 3.05) is 38.2 Å². The summed E-state index contributed by atoms with van der Waals surface area (Å²) >= 11 is 3.41. The van der Waals surface area contributed by atoms with E-state index in [2.05, 4.69) is 35.1 Å². The summed E-state index contributed by atoms with van der Waals surface area (Å²) in [6.45, 7) is 6.96. The highest BCUT2D eigenvalue weighted by Gasteiger charge is 2.19. The van der Waals surface area contributed by atoms with Crippen LogP contribution in [-0.2, 0) is 4.74 Å². The van der Waals surface area contributed by atoms with E-state index in [1.54, 1.807) is 41.3 Å². The van der Waals surface area contributed by atoms with Gasteiger partial charge >= 0.3 is 0 Å². The second-order valence-corrected chi connectivity index (χ2v) is 8.20. The molecule has 1 saturated heterocycles. The fourth-order valence-corrected chi connectivity index (χ4v) is 3.27. The number of amides is 2. The summed E-state index contributed by atoms with van der Waals surface area (Å²) in [4.78, 5) is 27.1. The van der Waals surface area contributed by atoms with Gasteiger partial charge in [-0.25, -0.2) is 0 Å². The molecule has 0 spiro atoms. The van der Waals surface area contributed by atoms with Crippen molar-refractivity contribution in [2.24, 2.45) is 5.92 Å². The van der Waals surface area contributed by atoms with Crippen LogP contribution in [0, 0.1) is 5.92 Å². The maximum absolute atomic E-state index is 12.8. The van der Waals surface area contributed by atoms with Gasteiger partial charge in [-0.15, -0.1) is 0 Å². The van der Waals surface area contributed by atoms with Crippen LogP contribution in [0.5, 0.6) is 5.75 Å². The van der Waals surface area contributed by atoms with Crippen LogP contribution >= 0.6 is 15.9 Å². The Hall–Kier alpha value is -2.38. The molecule has 0 radical (unpaired) electrons. The molecule has 154 valence electrons. The van der Waals surface area contributed by atoms with Crippen LogP contribution < -0.4 is 10.1 Å². The molecule has 2 amide bonds. The molecule has 1 N–H and O–H groups in total. The molecule has 3 rings (SSSR count). The molecule has 0 atom stereocenters. The summed E-state index contributed by atoms with van der Waals surface area (Å²) in [6, 6.07) is 12.3. The fraction of sp³-hybridized carbons (Fsp3) is 0.364. The quantitative estimate of drug-likeness (QED) is 0.700. The van der Waals surface area contributed by atoms with E-state index in [0.29, 0.717) is 61.4 Å². The number of rotatable bonds is 6. The van der Waals surface area contributed by atoms with Crippen LogP contribution in [-0.4, -0.2) is 49.6 Å². The van der Waals surface area contributed by atoms with Gasteiger partial charge in [0.1, 0.15) is 5.75 Å². The van der Waals surface area contributed by atoms with Crippen LogP contribution in [0.15, 0.2) is 46.9 Å². The number of benzene rings is 2. The number of ether oxygens (including phenoxy) is 2. The minimum atomic E-state index is -0.266. The van der Waals surface area contributed by atoms with Gasteiger partial charge in [-0.3, -0.25) is 9.59 Å². The SMILES string of the molecule is CC(C)COc1ccc(Br)cc1C(=O)Nc1ccc(C(=O)N2CCOCC2)cc1. The van der Waals surface area contributed by atoms with Crippen LogP contribution in [0.2, 0.25) is 0 Å². The first-order chi connectivity index (χ1) is 13.9. The van der Waals surface area contributed by atoms with E-state index in [0.717, 1.165) is 4.47 Å². The zero-order valence-corrected chi connectivity index (χ0v) is 18.2. The lowest BCUT2D eigenvalue weighted by atomic mass is 10.1. The van der Waals surface area contributed by atoms with Crippen molar-refractivity contribution in [3.8, 4) is 5.75 Å². The van der Waals surface area contributed by atoms with Gasteiger partial charge in [-0.05, 0) is 48.4 Å². The number of nitrogens with zero attached hydrogens (tertiary/aromatic N) is 1. The zero-order valence-electron chi connectivity index (χ0n) is 16.6. The number of hydrogen-bond donors (Lipinski definition) is 1. The Morgan fingerprint density at radius 3 is 2.48 bits per heavy atom. The predicted octanol–water partition coefficient (Wildman–Crippen LogP) is 4.21. The normalized spacial score (nSPS) is 14.0. The largest absolute Gasteiger partial charge is 0.492 e. The molecule has 6 nitrogen and oxygen atoms in total. The van der Waals surface area contributed by atoms with E-state index < -0.39 is 0 Å². The van der Waals surface area contributed by atoms with Crippen molar-refractivity contribution in [1.29, 1.82) is 0 Å². The van der Waals surface area contributed by atoms with E-state index in [9.17, 15) is 9.59 Å². The molecule has 0 aromatic heterocycles. The third kappa shape index (κ3) is 5.81. The highest BCUT2D eigenvalue weighted by molar-refractivity contribution is 9.10. The summed E-state index contributed by atoms with van der Waals surface area (Å²) in [5, 5.41) is 2.87. The maximum Gasteiger partial charge on any atom is 0.259 e. The Bertz CT molecular complexity index is 862. The first kappa shape index (κ1) is 21.3. The first-order valence-corrected chi connectivity index (χ1v) is 10.4. The molecular formula is C22H25BrN2O4. The lowest BCUT2D eigenvalue weighted by molar-refractivity contribution is 0.0303. The summed E-state index contributed by atoms with van der Waals surface area (Å²) in [7, 11) is 0. The molecule has 1 fully saturated rings. The number of nitrogens with one attached hydrogen (secondary N) is 1. The second-order valence-electron chi connectivity index (χ2n) is 7.28. The van der Waals surface area contributed by atoms with E-state index in [1.807, 2.05) is 6.07 Å². The van der Waals surface area contributed by atoms with E-state index in [4.69, 9.17) is 9.47 Å². The second kappa shape index (κ2) is 9.89. The Labute approximate surface area is 179 Å². The first-order valence-electron chi connectivity index (χ1n) is 9.65. The van der Waals surface area contributed by atoms with Crippen molar-refractivity contribution in [3.05, 3.63) is 58.1 Å². The topological polar surface area (TPSA) is 67.9 Å². The number of anilines is 1. The van der Waals surface area contributed by atoms with Gasteiger partial charge in [0.15, 0.2) is 0 Å². The van der Waals surface area contributed by atoms with Crippen LogP contribution in [0.4, 0.5) is 5.69 Å². The van der Waals surface area contributed by atoms with Gasteiger partial charge in [-0.2, -0.15) is 0 Å². The number of carbonyl (C=O) groups excluding carboxylic acids is 2. The molecule has 0 unspecified atom stereocenters. The molecule has 7 heteroatoms. The van der Waals surface area contributed by atoms with Crippen molar-refractivity contribution >= 4 is 33.4 Å². The monoisotopic (exact) mass is 460 g/mol. The van der Waals surface area contributed by atoms with Gasteiger partial charge in [-0.1, -0.05) is 29.8 Å². The molecular weight excluding hydrogens is 436 g/mol. The van der Waals surface area contributed by atoms with E-state index >= 15 is 0 Å². The number of hydrogen-bond acceptors (Lipinski definition) is 4.